The van der Waals surface area contributed by atoms with E-state index in [4.69, 9.17) is 9.47 Å². The van der Waals surface area contributed by atoms with Gasteiger partial charge in [-0.15, -0.1) is 0 Å². The number of methoxy groups -OCH3 is 1. The highest BCUT2D eigenvalue weighted by Crippen LogP contribution is 2.29. The summed E-state index contributed by atoms with van der Waals surface area (Å²) in [6.45, 7) is 10.1. The zero-order chi connectivity index (χ0) is 17.7. The summed E-state index contributed by atoms with van der Waals surface area (Å²) in [5.41, 5.74) is 0.925. The topological polar surface area (TPSA) is 38.8 Å². The molecule has 132 valence electrons. The average Bonchev–Trinajstić information content (AvgIpc) is 2.52. The van der Waals surface area contributed by atoms with Gasteiger partial charge in [-0.2, -0.15) is 0 Å². The zero-order valence-corrected chi connectivity index (χ0v) is 15.4. The SMILES string of the molecule is COc1cc(/C=C/C(=O)N2CC(C)CC(C)C2)ccc1OC(C)C. The number of likely N-dealkylation sites (tertiary alicyclic amines) is 1. The van der Waals surface area contributed by atoms with Crippen molar-refractivity contribution in [3.8, 4) is 11.5 Å². The van der Waals surface area contributed by atoms with Crippen molar-refractivity contribution in [3.05, 3.63) is 29.8 Å². The van der Waals surface area contributed by atoms with Crippen LogP contribution >= 0.6 is 0 Å². The largest absolute Gasteiger partial charge is 0.493 e. The lowest BCUT2D eigenvalue weighted by Crippen LogP contribution is -2.41. The first-order valence-corrected chi connectivity index (χ1v) is 8.70. The lowest BCUT2D eigenvalue weighted by atomic mass is 9.92. The van der Waals surface area contributed by atoms with Gasteiger partial charge in [-0.3, -0.25) is 4.79 Å². The molecule has 0 bridgehead atoms. The maximum atomic E-state index is 12.4. The van der Waals surface area contributed by atoms with E-state index >= 15 is 0 Å². The monoisotopic (exact) mass is 331 g/mol. The van der Waals surface area contributed by atoms with Gasteiger partial charge in [0.2, 0.25) is 5.91 Å². The molecule has 1 amide bonds. The Bertz CT molecular complexity index is 585. The highest BCUT2D eigenvalue weighted by atomic mass is 16.5. The molecule has 1 aromatic rings. The second kappa shape index (κ2) is 8.22. The minimum atomic E-state index is 0.0786. The fourth-order valence-corrected chi connectivity index (χ4v) is 3.25. The molecule has 24 heavy (non-hydrogen) atoms. The van der Waals surface area contributed by atoms with Crippen molar-refractivity contribution >= 4 is 12.0 Å². The summed E-state index contributed by atoms with van der Waals surface area (Å²) in [6.07, 6.45) is 4.78. The Balaban J connectivity index is 2.06. The summed E-state index contributed by atoms with van der Waals surface area (Å²) >= 11 is 0. The normalized spacial score (nSPS) is 21.3. The van der Waals surface area contributed by atoms with Gasteiger partial charge >= 0.3 is 0 Å². The summed E-state index contributed by atoms with van der Waals surface area (Å²) in [4.78, 5) is 14.4. The van der Waals surface area contributed by atoms with Gasteiger partial charge in [-0.05, 0) is 55.9 Å². The summed E-state index contributed by atoms with van der Waals surface area (Å²) in [7, 11) is 1.62. The number of piperidine rings is 1. The highest BCUT2D eigenvalue weighted by molar-refractivity contribution is 5.92. The molecule has 4 heteroatoms. The van der Waals surface area contributed by atoms with E-state index in [0.717, 1.165) is 24.4 Å². The lowest BCUT2D eigenvalue weighted by Gasteiger charge is -2.34. The van der Waals surface area contributed by atoms with E-state index in [1.807, 2.05) is 43.0 Å². The third-order valence-corrected chi connectivity index (χ3v) is 4.15. The van der Waals surface area contributed by atoms with Gasteiger partial charge in [0.25, 0.3) is 0 Å². The first-order chi connectivity index (χ1) is 11.4. The number of amides is 1. The number of hydrogen-bond donors (Lipinski definition) is 0. The van der Waals surface area contributed by atoms with E-state index in [1.54, 1.807) is 13.2 Å². The Morgan fingerprint density at radius 1 is 1.21 bits per heavy atom. The maximum absolute atomic E-state index is 12.4. The number of nitrogens with zero attached hydrogens (tertiary/aromatic N) is 1. The summed E-state index contributed by atoms with van der Waals surface area (Å²) < 4.78 is 11.1. The second-order valence-corrected chi connectivity index (χ2v) is 7.10. The molecular weight excluding hydrogens is 302 g/mol. The Kier molecular flexibility index (Phi) is 6.29. The number of carbonyl (C=O) groups excluding carboxylic acids is 1. The van der Waals surface area contributed by atoms with Gasteiger partial charge < -0.3 is 14.4 Å². The molecule has 2 unspecified atom stereocenters. The molecule has 1 aromatic carbocycles. The smallest absolute Gasteiger partial charge is 0.246 e. The standard InChI is InChI=1S/C20H29NO3/c1-14(2)24-18-8-6-17(11-19(18)23-5)7-9-20(22)21-12-15(3)10-16(4)13-21/h6-9,11,14-16H,10,12-13H2,1-5H3/b9-7+. The van der Waals surface area contributed by atoms with Gasteiger partial charge in [0.05, 0.1) is 13.2 Å². The van der Waals surface area contributed by atoms with E-state index in [-0.39, 0.29) is 12.0 Å². The molecule has 1 heterocycles. The number of hydrogen-bond acceptors (Lipinski definition) is 3. The molecule has 1 aliphatic heterocycles. The molecule has 0 N–H and O–H groups in total. The van der Waals surface area contributed by atoms with Crippen LogP contribution < -0.4 is 9.47 Å². The summed E-state index contributed by atoms with van der Waals surface area (Å²) in [5, 5.41) is 0. The Morgan fingerprint density at radius 3 is 2.46 bits per heavy atom. The zero-order valence-electron chi connectivity index (χ0n) is 15.4. The van der Waals surface area contributed by atoms with Crippen LogP contribution in [-0.2, 0) is 4.79 Å². The Morgan fingerprint density at radius 2 is 1.88 bits per heavy atom. The van der Waals surface area contributed by atoms with Crippen LogP contribution in [0.3, 0.4) is 0 Å². The lowest BCUT2D eigenvalue weighted by molar-refractivity contribution is -0.128. The Hall–Kier alpha value is -1.97. The van der Waals surface area contributed by atoms with Crippen LogP contribution in [0.5, 0.6) is 11.5 Å². The highest BCUT2D eigenvalue weighted by Gasteiger charge is 2.23. The molecular formula is C20H29NO3. The van der Waals surface area contributed by atoms with Crippen molar-refractivity contribution in [2.45, 2.75) is 40.2 Å². The third-order valence-electron chi connectivity index (χ3n) is 4.15. The van der Waals surface area contributed by atoms with Crippen molar-refractivity contribution in [2.75, 3.05) is 20.2 Å². The van der Waals surface area contributed by atoms with E-state index in [0.29, 0.717) is 17.6 Å². The minimum Gasteiger partial charge on any atom is -0.493 e. The number of rotatable bonds is 5. The van der Waals surface area contributed by atoms with Crippen LogP contribution in [0.15, 0.2) is 24.3 Å². The number of carbonyl (C=O) groups is 1. The van der Waals surface area contributed by atoms with Gasteiger partial charge in [0.15, 0.2) is 11.5 Å². The minimum absolute atomic E-state index is 0.0786. The van der Waals surface area contributed by atoms with Crippen molar-refractivity contribution in [3.63, 3.8) is 0 Å². The predicted octanol–water partition coefficient (Wildman–Crippen LogP) is 4.00. The van der Waals surface area contributed by atoms with Gasteiger partial charge in [0, 0.05) is 19.2 Å². The number of benzene rings is 1. The molecule has 0 spiro atoms. The first-order valence-electron chi connectivity index (χ1n) is 8.70. The number of ether oxygens (including phenoxy) is 2. The van der Waals surface area contributed by atoms with E-state index < -0.39 is 0 Å². The molecule has 0 saturated carbocycles. The van der Waals surface area contributed by atoms with E-state index in [2.05, 4.69) is 13.8 Å². The van der Waals surface area contributed by atoms with Crippen LogP contribution in [0, 0.1) is 11.8 Å². The molecule has 4 nitrogen and oxygen atoms in total. The molecule has 0 aromatic heterocycles. The van der Waals surface area contributed by atoms with Gasteiger partial charge in [-0.25, -0.2) is 0 Å². The molecule has 2 rings (SSSR count). The first kappa shape index (κ1) is 18.4. The summed E-state index contributed by atoms with van der Waals surface area (Å²) in [5.74, 6) is 2.61. The van der Waals surface area contributed by atoms with E-state index in [1.165, 1.54) is 6.42 Å². The van der Waals surface area contributed by atoms with Crippen molar-refractivity contribution in [1.29, 1.82) is 0 Å². The molecule has 2 atom stereocenters. The van der Waals surface area contributed by atoms with Crippen molar-refractivity contribution in [2.24, 2.45) is 11.8 Å². The van der Waals surface area contributed by atoms with Gasteiger partial charge in [0.1, 0.15) is 0 Å². The molecule has 1 saturated heterocycles. The van der Waals surface area contributed by atoms with Crippen LogP contribution in [-0.4, -0.2) is 37.1 Å². The predicted molar refractivity (Wildman–Crippen MR) is 97.3 cm³/mol. The van der Waals surface area contributed by atoms with Crippen LogP contribution in [0.25, 0.3) is 6.08 Å². The second-order valence-electron chi connectivity index (χ2n) is 7.10. The summed E-state index contributed by atoms with van der Waals surface area (Å²) in [6, 6.07) is 5.71. The fraction of sp³-hybridized carbons (Fsp3) is 0.550. The van der Waals surface area contributed by atoms with E-state index in [9.17, 15) is 4.79 Å². The van der Waals surface area contributed by atoms with Crippen LogP contribution in [0.2, 0.25) is 0 Å². The van der Waals surface area contributed by atoms with Crippen molar-refractivity contribution < 1.29 is 14.3 Å². The van der Waals surface area contributed by atoms with Crippen molar-refractivity contribution in [1.82, 2.24) is 4.90 Å². The quantitative estimate of drug-likeness (QED) is 0.766. The van der Waals surface area contributed by atoms with Crippen LogP contribution in [0.1, 0.15) is 39.7 Å². The van der Waals surface area contributed by atoms with Gasteiger partial charge in [-0.1, -0.05) is 19.9 Å². The Labute approximate surface area is 145 Å². The third kappa shape index (κ3) is 5.02. The fourth-order valence-electron chi connectivity index (χ4n) is 3.25. The average molecular weight is 331 g/mol. The maximum Gasteiger partial charge on any atom is 0.246 e. The molecule has 0 radical (unpaired) electrons. The molecule has 1 fully saturated rings. The molecule has 0 aliphatic carbocycles. The molecule has 1 aliphatic rings. The van der Waals surface area contributed by atoms with Crippen LogP contribution in [0.4, 0.5) is 0 Å².